The lowest BCUT2D eigenvalue weighted by Gasteiger charge is -2.18. The minimum absolute atomic E-state index is 0.231. The second-order valence-corrected chi connectivity index (χ2v) is 7.24. The fourth-order valence-corrected chi connectivity index (χ4v) is 3.90. The molecule has 1 aliphatic rings. The lowest BCUT2D eigenvalue weighted by atomic mass is 9.99. The summed E-state index contributed by atoms with van der Waals surface area (Å²) in [6.45, 7) is 3.86. The normalized spacial score (nSPS) is 15.4. The van der Waals surface area contributed by atoms with E-state index in [0.717, 1.165) is 28.4 Å². The molecule has 0 aromatic heterocycles. The number of ether oxygens (including phenoxy) is 1. The van der Waals surface area contributed by atoms with Crippen LogP contribution in [-0.4, -0.2) is 19.0 Å². The molecule has 0 saturated heterocycles. The van der Waals surface area contributed by atoms with Gasteiger partial charge < -0.3 is 4.74 Å². The lowest BCUT2D eigenvalue weighted by molar-refractivity contribution is -0.136. The molecule has 1 amide bonds. The number of carbonyl (C=O) groups is 2. The number of aryl methyl sites for hydroxylation is 1. The Kier molecular flexibility index (Phi) is 5.23. The van der Waals surface area contributed by atoms with Crippen molar-refractivity contribution >= 4 is 34.4 Å². The van der Waals surface area contributed by atoms with Crippen molar-refractivity contribution in [3.8, 4) is 0 Å². The summed E-state index contributed by atoms with van der Waals surface area (Å²) in [6.07, 6.45) is 2.71. The maximum Gasteiger partial charge on any atom is 0.340 e. The van der Waals surface area contributed by atoms with E-state index in [1.807, 2.05) is 66.7 Å². The summed E-state index contributed by atoms with van der Waals surface area (Å²) in [4.78, 5) is 27.6. The molecule has 30 heavy (non-hydrogen) atoms. The van der Waals surface area contributed by atoms with Crippen molar-refractivity contribution in [3.05, 3.63) is 94.7 Å². The van der Waals surface area contributed by atoms with Gasteiger partial charge in [-0.3, -0.25) is 9.69 Å². The van der Waals surface area contributed by atoms with Crippen LogP contribution in [0.4, 0.5) is 5.69 Å². The molecule has 0 radical (unpaired) electrons. The molecule has 0 spiro atoms. The lowest BCUT2D eigenvalue weighted by Crippen LogP contribution is -2.24. The first-order valence-corrected chi connectivity index (χ1v) is 9.97. The summed E-state index contributed by atoms with van der Waals surface area (Å²) in [5, 5.41) is 2.09. The number of esters is 1. The number of carbonyl (C=O) groups excluding carboxylic acids is 2. The van der Waals surface area contributed by atoms with E-state index in [4.69, 9.17) is 4.74 Å². The Balaban J connectivity index is 1.87. The van der Waals surface area contributed by atoms with Gasteiger partial charge >= 0.3 is 5.97 Å². The molecule has 1 aliphatic heterocycles. The first-order valence-electron chi connectivity index (χ1n) is 9.97. The number of hydrogen-bond acceptors (Lipinski definition) is 3. The van der Waals surface area contributed by atoms with E-state index in [1.165, 1.54) is 12.7 Å². The Morgan fingerprint density at radius 1 is 1.00 bits per heavy atom. The molecule has 0 bridgehead atoms. The minimum atomic E-state index is -0.514. The Labute approximate surface area is 176 Å². The predicted octanol–water partition coefficient (Wildman–Crippen LogP) is 5.28. The Morgan fingerprint density at radius 2 is 1.70 bits per heavy atom. The van der Waals surface area contributed by atoms with E-state index in [0.29, 0.717) is 16.8 Å². The van der Waals surface area contributed by atoms with E-state index in [1.54, 1.807) is 17.9 Å². The highest BCUT2D eigenvalue weighted by Crippen LogP contribution is 2.36. The minimum Gasteiger partial charge on any atom is -0.465 e. The Hall–Kier alpha value is -3.66. The zero-order valence-electron chi connectivity index (χ0n) is 17.3. The predicted molar refractivity (Wildman–Crippen MR) is 120 cm³/mol. The van der Waals surface area contributed by atoms with Crippen LogP contribution in [0.3, 0.4) is 0 Å². The summed E-state index contributed by atoms with van der Waals surface area (Å²) in [7, 11) is 1.33. The van der Waals surface area contributed by atoms with E-state index in [-0.39, 0.29) is 5.91 Å². The second-order valence-electron chi connectivity index (χ2n) is 7.24. The van der Waals surface area contributed by atoms with E-state index < -0.39 is 5.97 Å². The van der Waals surface area contributed by atoms with Crippen molar-refractivity contribution in [2.75, 3.05) is 12.0 Å². The van der Waals surface area contributed by atoms with Gasteiger partial charge in [0.2, 0.25) is 0 Å². The van der Waals surface area contributed by atoms with Crippen molar-refractivity contribution in [1.82, 2.24) is 0 Å². The number of hydrogen-bond donors (Lipinski definition) is 0. The van der Waals surface area contributed by atoms with Gasteiger partial charge in [-0.1, -0.05) is 61.5 Å². The van der Waals surface area contributed by atoms with Crippen LogP contribution in [0, 0.1) is 0 Å². The molecule has 3 aromatic carbocycles. The van der Waals surface area contributed by atoms with Crippen LogP contribution in [0.1, 0.15) is 25.0 Å². The average molecular weight is 397 g/mol. The number of amides is 1. The maximum atomic E-state index is 13.5. The van der Waals surface area contributed by atoms with Gasteiger partial charge in [0.05, 0.1) is 18.3 Å². The highest BCUT2D eigenvalue weighted by Gasteiger charge is 2.37. The summed E-state index contributed by atoms with van der Waals surface area (Å²) in [5.74, 6) is -0.745. The molecule has 0 N–H and O–H groups in total. The van der Waals surface area contributed by atoms with Gasteiger partial charge in [-0.25, -0.2) is 4.79 Å². The Bertz CT molecular complexity index is 1200. The van der Waals surface area contributed by atoms with Gasteiger partial charge in [0, 0.05) is 11.4 Å². The zero-order valence-corrected chi connectivity index (χ0v) is 17.3. The summed E-state index contributed by atoms with van der Waals surface area (Å²) < 4.78 is 5.01. The molecule has 4 rings (SSSR count). The van der Waals surface area contributed by atoms with Crippen LogP contribution < -0.4 is 4.90 Å². The number of benzene rings is 3. The quantitative estimate of drug-likeness (QED) is 0.444. The fourth-order valence-electron chi connectivity index (χ4n) is 3.90. The standard InChI is InChI=1S/C26H23NO3/c1-4-18-12-14-21(15-13-18)27-17(2)24(26(29)30-3)23(25(27)28)16-20-10-7-9-19-8-5-6-11-22(19)20/h5-16H,4H2,1-3H3/b23-16-. The number of methoxy groups -OCH3 is 1. The van der Waals surface area contributed by atoms with E-state index in [2.05, 4.69) is 6.92 Å². The highest BCUT2D eigenvalue weighted by molar-refractivity contribution is 6.24. The molecule has 0 unspecified atom stereocenters. The number of rotatable bonds is 4. The van der Waals surface area contributed by atoms with Crippen molar-refractivity contribution in [3.63, 3.8) is 0 Å². The van der Waals surface area contributed by atoms with Gasteiger partial charge in [0.15, 0.2) is 0 Å². The summed E-state index contributed by atoms with van der Waals surface area (Å²) >= 11 is 0. The third kappa shape index (κ3) is 3.30. The first kappa shape index (κ1) is 19.6. The van der Waals surface area contributed by atoms with Crippen LogP contribution in [0.5, 0.6) is 0 Å². The van der Waals surface area contributed by atoms with Crippen molar-refractivity contribution in [2.24, 2.45) is 0 Å². The molecule has 0 fully saturated rings. The molecule has 150 valence electrons. The molecule has 1 heterocycles. The van der Waals surface area contributed by atoms with Crippen molar-refractivity contribution in [2.45, 2.75) is 20.3 Å². The van der Waals surface area contributed by atoms with Crippen LogP contribution in [0.25, 0.3) is 16.8 Å². The van der Waals surface area contributed by atoms with Gasteiger partial charge in [-0.05, 0) is 53.5 Å². The first-order chi connectivity index (χ1) is 14.5. The molecule has 3 aromatic rings. The summed E-state index contributed by atoms with van der Waals surface area (Å²) in [5.41, 5.74) is 4.02. The Morgan fingerprint density at radius 3 is 2.40 bits per heavy atom. The number of anilines is 1. The van der Waals surface area contributed by atoms with Crippen molar-refractivity contribution in [1.29, 1.82) is 0 Å². The smallest absolute Gasteiger partial charge is 0.340 e. The SMILES string of the molecule is CCc1ccc(N2C(=O)/C(=C\c3cccc4ccccc34)C(C(=O)OC)=C2C)cc1. The molecule has 0 atom stereocenters. The van der Waals surface area contributed by atoms with Crippen molar-refractivity contribution < 1.29 is 14.3 Å². The van der Waals surface area contributed by atoms with E-state index >= 15 is 0 Å². The number of fused-ring (bicyclic) bond motifs is 1. The molecule has 0 aliphatic carbocycles. The molecule has 4 heteroatoms. The van der Waals surface area contributed by atoms with Gasteiger partial charge in [0.1, 0.15) is 0 Å². The third-order valence-electron chi connectivity index (χ3n) is 5.52. The fraction of sp³-hybridized carbons (Fsp3) is 0.154. The van der Waals surface area contributed by atoms with Gasteiger partial charge in [0.25, 0.3) is 5.91 Å². The van der Waals surface area contributed by atoms with E-state index in [9.17, 15) is 9.59 Å². The van der Waals surface area contributed by atoms with Crippen LogP contribution in [0.2, 0.25) is 0 Å². The summed E-state index contributed by atoms with van der Waals surface area (Å²) in [6, 6.07) is 21.7. The maximum absolute atomic E-state index is 13.5. The number of allylic oxidation sites excluding steroid dienone is 1. The van der Waals surface area contributed by atoms with Crippen LogP contribution in [-0.2, 0) is 20.7 Å². The molecular formula is C26H23NO3. The third-order valence-corrected chi connectivity index (χ3v) is 5.52. The van der Waals surface area contributed by atoms with Crippen LogP contribution in [0.15, 0.2) is 83.6 Å². The molecule has 0 saturated carbocycles. The highest BCUT2D eigenvalue weighted by atomic mass is 16.5. The molecule has 4 nitrogen and oxygen atoms in total. The zero-order chi connectivity index (χ0) is 21.3. The van der Waals surface area contributed by atoms with Crippen LogP contribution >= 0.6 is 0 Å². The largest absolute Gasteiger partial charge is 0.465 e. The van der Waals surface area contributed by atoms with Gasteiger partial charge in [-0.2, -0.15) is 0 Å². The monoisotopic (exact) mass is 397 g/mol. The second kappa shape index (κ2) is 7.99. The van der Waals surface area contributed by atoms with Gasteiger partial charge in [-0.15, -0.1) is 0 Å². The molecular weight excluding hydrogens is 374 g/mol. The average Bonchev–Trinajstić information content (AvgIpc) is 3.03. The number of nitrogens with zero attached hydrogens (tertiary/aromatic N) is 1. The topological polar surface area (TPSA) is 46.6 Å².